The van der Waals surface area contributed by atoms with Crippen molar-refractivity contribution < 1.29 is 17.9 Å². The van der Waals surface area contributed by atoms with Gasteiger partial charge in [0.2, 0.25) is 0 Å². The van der Waals surface area contributed by atoms with E-state index in [0.717, 1.165) is 10.9 Å². The van der Waals surface area contributed by atoms with Crippen LogP contribution in [0.15, 0.2) is 59.6 Å². The minimum atomic E-state index is -3.87. The summed E-state index contributed by atoms with van der Waals surface area (Å²) in [7, 11) is -3.87. The van der Waals surface area contributed by atoms with Crippen molar-refractivity contribution in [1.29, 1.82) is 0 Å². The van der Waals surface area contributed by atoms with Crippen LogP contribution < -0.4 is 14.2 Å². The van der Waals surface area contributed by atoms with Gasteiger partial charge in [0.15, 0.2) is 0 Å². The predicted molar refractivity (Wildman–Crippen MR) is 101 cm³/mol. The number of sulfonamides is 1. The fourth-order valence-corrected chi connectivity index (χ4v) is 3.76. The quantitative estimate of drug-likeness (QED) is 0.682. The van der Waals surface area contributed by atoms with Crippen molar-refractivity contribution in [2.75, 3.05) is 17.9 Å². The zero-order chi connectivity index (χ0) is 18.6. The van der Waals surface area contributed by atoms with Crippen molar-refractivity contribution in [2.45, 2.75) is 18.7 Å². The van der Waals surface area contributed by atoms with Gasteiger partial charge < -0.3 is 9.47 Å². The summed E-state index contributed by atoms with van der Waals surface area (Å²) in [5.41, 5.74) is 1.18. The number of pyridine rings is 1. The maximum absolute atomic E-state index is 12.9. The molecule has 0 saturated carbocycles. The summed E-state index contributed by atoms with van der Waals surface area (Å²) in [4.78, 5) is 4.31. The average Bonchev–Trinajstić information content (AvgIpc) is 2.63. The van der Waals surface area contributed by atoms with Crippen LogP contribution in [0.4, 0.5) is 5.69 Å². The highest BCUT2D eigenvalue weighted by atomic mass is 32.2. The molecule has 0 aliphatic carbocycles. The molecule has 0 bridgehead atoms. The summed E-state index contributed by atoms with van der Waals surface area (Å²) in [6, 6.07) is 14.0. The molecule has 7 heteroatoms. The number of aromatic nitrogens is 1. The maximum Gasteiger partial charge on any atom is 0.265 e. The molecule has 1 heterocycles. The number of hydrogen-bond acceptors (Lipinski definition) is 5. The maximum atomic E-state index is 12.9. The van der Waals surface area contributed by atoms with E-state index in [1.165, 1.54) is 12.3 Å². The standard InChI is InChI=1S/C19H20N2O4S/c1-3-24-16-9-10-18(25-4-2)19(12-16)26(22,23)21-15-11-14-7-5-6-8-17(14)20-13-15/h5-13,21H,3-4H2,1-2H3. The Balaban J connectivity index is 1.98. The Bertz CT molecular complexity index is 1020. The highest BCUT2D eigenvalue weighted by Gasteiger charge is 2.21. The summed E-state index contributed by atoms with van der Waals surface area (Å²) in [5, 5.41) is 0.848. The second-order valence-electron chi connectivity index (χ2n) is 5.50. The number of benzene rings is 2. The van der Waals surface area contributed by atoms with Crippen LogP contribution in [0.25, 0.3) is 10.9 Å². The molecule has 136 valence electrons. The molecule has 0 unspecified atom stereocenters. The molecule has 0 radical (unpaired) electrons. The summed E-state index contributed by atoms with van der Waals surface area (Å²) in [6.07, 6.45) is 1.49. The first-order valence-electron chi connectivity index (χ1n) is 8.30. The summed E-state index contributed by atoms with van der Waals surface area (Å²) in [5.74, 6) is 0.741. The third kappa shape index (κ3) is 3.88. The molecule has 3 rings (SSSR count). The van der Waals surface area contributed by atoms with Crippen LogP contribution in [0.1, 0.15) is 13.8 Å². The molecule has 0 fully saturated rings. The molecule has 0 amide bonds. The van der Waals surface area contributed by atoms with Gasteiger partial charge in [-0.1, -0.05) is 18.2 Å². The third-order valence-electron chi connectivity index (χ3n) is 3.66. The number of hydrogen-bond donors (Lipinski definition) is 1. The van der Waals surface area contributed by atoms with Crippen LogP contribution in [0.2, 0.25) is 0 Å². The first-order valence-corrected chi connectivity index (χ1v) is 9.79. The van der Waals surface area contributed by atoms with Crippen molar-refractivity contribution in [3.05, 3.63) is 54.7 Å². The minimum absolute atomic E-state index is 0.0264. The Morgan fingerprint density at radius 1 is 1.00 bits per heavy atom. The van der Waals surface area contributed by atoms with Gasteiger partial charge in [0.1, 0.15) is 16.4 Å². The summed E-state index contributed by atoms with van der Waals surface area (Å²) >= 11 is 0. The van der Waals surface area contributed by atoms with E-state index in [0.29, 0.717) is 24.7 Å². The largest absolute Gasteiger partial charge is 0.494 e. The van der Waals surface area contributed by atoms with Crippen LogP contribution in [-0.2, 0) is 10.0 Å². The normalized spacial score (nSPS) is 11.3. The van der Waals surface area contributed by atoms with E-state index >= 15 is 0 Å². The Morgan fingerprint density at radius 3 is 2.54 bits per heavy atom. The van der Waals surface area contributed by atoms with Gasteiger partial charge in [0, 0.05) is 11.5 Å². The second kappa shape index (κ2) is 7.61. The lowest BCUT2D eigenvalue weighted by Crippen LogP contribution is -2.15. The van der Waals surface area contributed by atoms with Crippen molar-refractivity contribution >= 4 is 26.6 Å². The fourth-order valence-electron chi connectivity index (χ4n) is 2.57. The van der Waals surface area contributed by atoms with Crippen LogP contribution in [0, 0.1) is 0 Å². The molecule has 0 aliphatic rings. The Labute approximate surface area is 152 Å². The topological polar surface area (TPSA) is 77.5 Å². The van der Waals surface area contributed by atoms with Crippen molar-refractivity contribution in [3.8, 4) is 11.5 Å². The van der Waals surface area contributed by atoms with Gasteiger partial charge in [-0.05, 0) is 38.1 Å². The van der Waals surface area contributed by atoms with Gasteiger partial charge >= 0.3 is 0 Å². The van der Waals surface area contributed by atoms with Gasteiger partial charge in [0.05, 0.1) is 30.6 Å². The summed E-state index contributed by atoms with van der Waals surface area (Å²) < 4.78 is 39.3. The van der Waals surface area contributed by atoms with E-state index in [4.69, 9.17) is 9.47 Å². The fraction of sp³-hybridized carbons (Fsp3) is 0.211. The molecular formula is C19H20N2O4S. The second-order valence-corrected chi connectivity index (χ2v) is 7.15. The van der Waals surface area contributed by atoms with Gasteiger partial charge in [-0.3, -0.25) is 9.71 Å². The Hall–Kier alpha value is -2.80. The number of para-hydroxylation sites is 1. The van der Waals surface area contributed by atoms with Gasteiger partial charge in [-0.2, -0.15) is 0 Å². The lowest BCUT2D eigenvalue weighted by Gasteiger charge is -2.14. The molecule has 26 heavy (non-hydrogen) atoms. The molecule has 1 aromatic heterocycles. The summed E-state index contributed by atoms with van der Waals surface area (Å²) in [6.45, 7) is 4.43. The van der Waals surface area contributed by atoms with Gasteiger partial charge in [0.25, 0.3) is 10.0 Å². The predicted octanol–water partition coefficient (Wildman–Crippen LogP) is 3.83. The molecular weight excluding hydrogens is 352 g/mol. The van der Waals surface area contributed by atoms with E-state index in [1.807, 2.05) is 31.2 Å². The molecule has 6 nitrogen and oxygen atoms in total. The first-order chi connectivity index (χ1) is 12.5. The number of rotatable bonds is 7. The number of anilines is 1. The van der Waals surface area contributed by atoms with Crippen LogP contribution in [-0.4, -0.2) is 26.6 Å². The third-order valence-corrected chi connectivity index (χ3v) is 5.06. The van der Waals surface area contributed by atoms with Gasteiger partial charge in [-0.15, -0.1) is 0 Å². The number of nitrogens with one attached hydrogen (secondary N) is 1. The molecule has 2 aromatic carbocycles. The Kier molecular flexibility index (Phi) is 5.27. The molecule has 3 aromatic rings. The van der Waals surface area contributed by atoms with E-state index in [-0.39, 0.29) is 10.6 Å². The lowest BCUT2D eigenvalue weighted by atomic mass is 10.2. The van der Waals surface area contributed by atoms with E-state index in [9.17, 15) is 8.42 Å². The SMILES string of the molecule is CCOc1ccc(OCC)c(S(=O)(=O)Nc2cnc3ccccc3c2)c1. The zero-order valence-electron chi connectivity index (χ0n) is 14.6. The average molecular weight is 372 g/mol. The van der Waals surface area contributed by atoms with Crippen LogP contribution in [0.3, 0.4) is 0 Å². The van der Waals surface area contributed by atoms with E-state index in [2.05, 4.69) is 9.71 Å². The highest BCUT2D eigenvalue weighted by Crippen LogP contribution is 2.30. The van der Waals surface area contributed by atoms with Gasteiger partial charge in [-0.25, -0.2) is 8.42 Å². The van der Waals surface area contributed by atoms with Crippen molar-refractivity contribution in [2.24, 2.45) is 0 Å². The van der Waals surface area contributed by atoms with E-state index in [1.54, 1.807) is 25.1 Å². The van der Waals surface area contributed by atoms with Crippen LogP contribution >= 0.6 is 0 Å². The van der Waals surface area contributed by atoms with Crippen molar-refractivity contribution in [3.63, 3.8) is 0 Å². The zero-order valence-corrected chi connectivity index (χ0v) is 15.4. The first kappa shape index (κ1) is 18.0. The molecule has 1 N–H and O–H groups in total. The molecule has 0 atom stereocenters. The molecule has 0 spiro atoms. The Morgan fingerprint density at radius 2 is 1.77 bits per heavy atom. The molecule has 0 aliphatic heterocycles. The number of nitrogens with zero attached hydrogens (tertiary/aromatic N) is 1. The smallest absolute Gasteiger partial charge is 0.265 e. The van der Waals surface area contributed by atoms with Crippen molar-refractivity contribution in [1.82, 2.24) is 4.98 Å². The number of ether oxygens (including phenoxy) is 2. The number of fused-ring (bicyclic) bond motifs is 1. The molecule has 0 saturated heterocycles. The van der Waals surface area contributed by atoms with E-state index < -0.39 is 10.0 Å². The highest BCUT2D eigenvalue weighted by molar-refractivity contribution is 7.92. The lowest BCUT2D eigenvalue weighted by molar-refractivity contribution is 0.322. The minimum Gasteiger partial charge on any atom is -0.494 e. The monoisotopic (exact) mass is 372 g/mol. The van der Waals surface area contributed by atoms with Crippen LogP contribution in [0.5, 0.6) is 11.5 Å².